The van der Waals surface area contributed by atoms with Crippen molar-refractivity contribution < 1.29 is 23.1 Å². The Morgan fingerprint density at radius 2 is 1.79 bits per heavy atom. The number of sulfonamides is 1. The number of para-hydroxylation sites is 1. The highest BCUT2D eigenvalue weighted by Crippen LogP contribution is 2.38. The van der Waals surface area contributed by atoms with Gasteiger partial charge in [0.2, 0.25) is 10.0 Å². The van der Waals surface area contributed by atoms with Gasteiger partial charge in [-0.25, -0.2) is 8.42 Å². The third kappa shape index (κ3) is 5.49. The first-order valence-corrected chi connectivity index (χ1v) is 15.7. The SMILES string of the molecule is Cc1cccc(S(=O)(=O)N(C)C[C@H]2OCc3ccccc3-c3c(n(C)c4ccccc34)C(=O)N([C@H](C)CO)C[C@@H]2C)c1. The van der Waals surface area contributed by atoms with Crippen molar-refractivity contribution in [1.82, 2.24) is 13.8 Å². The van der Waals surface area contributed by atoms with Crippen LogP contribution in [0.25, 0.3) is 22.0 Å². The van der Waals surface area contributed by atoms with Gasteiger partial charge in [-0.2, -0.15) is 4.31 Å². The molecule has 3 atom stereocenters. The van der Waals surface area contributed by atoms with Gasteiger partial charge in [0.15, 0.2) is 0 Å². The van der Waals surface area contributed by atoms with Gasteiger partial charge < -0.3 is 19.3 Å². The minimum Gasteiger partial charge on any atom is -0.394 e. The molecule has 1 amide bonds. The lowest BCUT2D eigenvalue weighted by Crippen LogP contribution is -2.48. The third-order valence-electron chi connectivity index (χ3n) is 8.36. The average Bonchev–Trinajstić information content (AvgIpc) is 3.28. The Kier molecular flexibility index (Phi) is 8.57. The summed E-state index contributed by atoms with van der Waals surface area (Å²) in [7, 11) is -0.307. The molecule has 3 aromatic carbocycles. The number of aliphatic hydroxyl groups excluding tert-OH is 1. The van der Waals surface area contributed by atoms with E-state index in [-0.39, 0.29) is 43.0 Å². The highest BCUT2D eigenvalue weighted by molar-refractivity contribution is 7.89. The normalized spacial score (nSPS) is 18.9. The summed E-state index contributed by atoms with van der Waals surface area (Å²) in [5.41, 5.74) is 4.98. The van der Waals surface area contributed by atoms with E-state index in [1.807, 2.05) is 87.0 Å². The summed E-state index contributed by atoms with van der Waals surface area (Å²) in [4.78, 5) is 16.4. The topological polar surface area (TPSA) is 92.1 Å². The molecule has 4 aromatic rings. The lowest BCUT2D eigenvalue weighted by Gasteiger charge is -2.35. The number of hydrogen-bond donors (Lipinski definition) is 1. The molecule has 1 aliphatic heterocycles. The number of carbonyl (C=O) groups excluding carboxylic acids is 1. The maximum Gasteiger partial charge on any atom is 0.271 e. The molecule has 0 unspecified atom stereocenters. The van der Waals surface area contributed by atoms with E-state index in [0.29, 0.717) is 5.69 Å². The molecular formula is C33H39N3O5S. The van der Waals surface area contributed by atoms with Crippen LogP contribution in [0.2, 0.25) is 0 Å². The summed E-state index contributed by atoms with van der Waals surface area (Å²) < 4.78 is 36.8. The molecule has 2 heterocycles. The Balaban J connectivity index is 1.61. The molecule has 1 aliphatic rings. The molecule has 0 saturated carbocycles. The van der Waals surface area contributed by atoms with Gasteiger partial charge >= 0.3 is 0 Å². The van der Waals surface area contributed by atoms with Crippen LogP contribution in [0.15, 0.2) is 77.7 Å². The van der Waals surface area contributed by atoms with Crippen molar-refractivity contribution >= 4 is 26.8 Å². The Bertz CT molecular complexity index is 1710. The first-order valence-electron chi connectivity index (χ1n) is 14.3. The number of ether oxygens (including phenoxy) is 1. The van der Waals surface area contributed by atoms with Crippen molar-refractivity contribution in [3.8, 4) is 11.1 Å². The zero-order chi connectivity index (χ0) is 30.2. The molecule has 0 aliphatic carbocycles. The molecule has 42 heavy (non-hydrogen) atoms. The van der Waals surface area contributed by atoms with Crippen molar-refractivity contribution in [3.05, 3.63) is 89.6 Å². The number of fused-ring (bicyclic) bond motifs is 5. The Hall–Kier alpha value is -3.50. The van der Waals surface area contributed by atoms with Gasteiger partial charge in [-0.05, 0) is 48.7 Å². The van der Waals surface area contributed by atoms with Crippen molar-refractivity contribution in [2.45, 2.75) is 44.4 Å². The van der Waals surface area contributed by atoms with Crippen LogP contribution < -0.4 is 0 Å². The second-order valence-electron chi connectivity index (χ2n) is 11.4. The molecule has 1 aromatic heterocycles. The fourth-order valence-electron chi connectivity index (χ4n) is 5.83. The lowest BCUT2D eigenvalue weighted by atomic mass is 9.96. The fraction of sp³-hybridized carbons (Fsp3) is 0.364. The minimum absolute atomic E-state index is 0.102. The molecule has 5 rings (SSSR count). The number of aromatic nitrogens is 1. The van der Waals surface area contributed by atoms with E-state index in [2.05, 4.69) is 0 Å². The zero-order valence-corrected chi connectivity index (χ0v) is 25.6. The number of aliphatic hydroxyl groups is 1. The monoisotopic (exact) mass is 589 g/mol. The van der Waals surface area contributed by atoms with Gasteiger partial charge in [0.25, 0.3) is 5.91 Å². The summed E-state index contributed by atoms with van der Waals surface area (Å²) in [6.45, 7) is 6.07. The van der Waals surface area contributed by atoms with E-state index in [1.54, 1.807) is 30.1 Å². The van der Waals surface area contributed by atoms with Gasteiger partial charge in [-0.15, -0.1) is 0 Å². The molecule has 9 heteroatoms. The molecule has 0 radical (unpaired) electrons. The third-order valence-corrected chi connectivity index (χ3v) is 10.2. The Morgan fingerprint density at radius 3 is 2.52 bits per heavy atom. The first-order chi connectivity index (χ1) is 20.0. The largest absolute Gasteiger partial charge is 0.394 e. The van der Waals surface area contributed by atoms with Gasteiger partial charge in [0.05, 0.1) is 30.3 Å². The standard InChI is InChI=1S/C33H39N3O5S/c1-22-11-10-13-26(17-22)42(39,40)34(4)19-30-23(2)18-36(24(3)20-37)33(38)32-31(27-14-7-6-12-25(27)21-41-30)28-15-8-9-16-29(28)35(32)5/h6-17,23-24,30,37H,18-21H2,1-5H3/t23-,24+,30+/m0/s1. The Morgan fingerprint density at radius 1 is 1.07 bits per heavy atom. The van der Waals surface area contributed by atoms with Crippen LogP contribution >= 0.6 is 0 Å². The Labute approximate surface area is 248 Å². The van der Waals surface area contributed by atoms with Crippen molar-refractivity contribution in [1.29, 1.82) is 0 Å². The highest BCUT2D eigenvalue weighted by Gasteiger charge is 2.34. The number of likely N-dealkylation sites (N-methyl/N-ethyl adjacent to an activating group) is 1. The molecule has 0 saturated heterocycles. The quantitative estimate of drug-likeness (QED) is 0.348. The second kappa shape index (κ2) is 12.0. The van der Waals surface area contributed by atoms with Gasteiger partial charge in [0, 0.05) is 49.6 Å². The van der Waals surface area contributed by atoms with Gasteiger partial charge in [-0.3, -0.25) is 4.79 Å². The second-order valence-corrected chi connectivity index (χ2v) is 13.4. The van der Waals surface area contributed by atoms with Crippen LogP contribution in [-0.4, -0.2) is 72.1 Å². The van der Waals surface area contributed by atoms with Crippen molar-refractivity contribution in [2.75, 3.05) is 26.7 Å². The molecule has 0 bridgehead atoms. The number of benzene rings is 3. The maximum absolute atomic E-state index is 14.5. The summed E-state index contributed by atoms with van der Waals surface area (Å²) in [5, 5.41) is 11.2. The molecule has 222 valence electrons. The molecule has 0 fully saturated rings. The molecule has 1 N–H and O–H groups in total. The first kappa shape index (κ1) is 30.0. The molecule has 8 nitrogen and oxygen atoms in total. The predicted octanol–water partition coefficient (Wildman–Crippen LogP) is 4.83. The van der Waals surface area contributed by atoms with E-state index in [1.165, 1.54) is 4.31 Å². The fourth-order valence-corrected chi connectivity index (χ4v) is 7.12. The minimum atomic E-state index is -3.77. The number of nitrogens with zero attached hydrogens (tertiary/aromatic N) is 3. The summed E-state index contributed by atoms with van der Waals surface area (Å²) in [5.74, 6) is -0.435. The van der Waals surface area contributed by atoms with Crippen LogP contribution in [0.5, 0.6) is 0 Å². The highest BCUT2D eigenvalue weighted by atomic mass is 32.2. The summed E-state index contributed by atoms with van der Waals surface area (Å²) in [6.07, 6.45) is -0.526. The smallest absolute Gasteiger partial charge is 0.271 e. The summed E-state index contributed by atoms with van der Waals surface area (Å²) >= 11 is 0. The number of hydrogen-bond acceptors (Lipinski definition) is 5. The lowest BCUT2D eigenvalue weighted by molar-refractivity contribution is -0.0147. The van der Waals surface area contributed by atoms with E-state index < -0.39 is 22.2 Å². The molecular weight excluding hydrogens is 550 g/mol. The zero-order valence-electron chi connectivity index (χ0n) is 24.8. The van der Waals surface area contributed by atoms with Crippen LogP contribution in [0, 0.1) is 12.8 Å². The summed E-state index contributed by atoms with van der Waals surface area (Å²) in [6, 6.07) is 22.2. The van der Waals surface area contributed by atoms with Crippen LogP contribution in [0.3, 0.4) is 0 Å². The van der Waals surface area contributed by atoms with Crippen LogP contribution in [0.4, 0.5) is 0 Å². The van der Waals surface area contributed by atoms with Crippen molar-refractivity contribution in [2.24, 2.45) is 13.0 Å². The van der Waals surface area contributed by atoms with Gasteiger partial charge in [0.1, 0.15) is 5.69 Å². The molecule has 0 spiro atoms. The van der Waals surface area contributed by atoms with E-state index in [0.717, 1.165) is 33.2 Å². The maximum atomic E-state index is 14.5. The average molecular weight is 590 g/mol. The number of amides is 1. The van der Waals surface area contributed by atoms with E-state index in [4.69, 9.17) is 4.74 Å². The predicted molar refractivity (Wildman–Crippen MR) is 165 cm³/mol. The number of rotatable bonds is 6. The van der Waals surface area contributed by atoms with Gasteiger partial charge in [-0.1, -0.05) is 61.5 Å². The van der Waals surface area contributed by atoms with E-state index in [9.17, 15) is 18.3 Å². The van der Waals surface area contributed by atoms with Crippen LogP contribution in [0.1, 0.15) is 35.5 Å². The number of carbonyl (C=O) groups is 1. The number of aryl methyl sites for hydroxylation is 2. The van der Waals surface area contributed by atoms with Crippen LogP contribution in [-0.2, 0) is 28.4 Å². The van der Waals surface area contributed by atoms with E-state index >= 15 is 0 Å². The van der Waals surface area contributed by atoms with Crippen molar-refractivity contribution in [3.63, 3.8) is 0 Å².